The van der Waals surface area contributed by atoms with Crippen molar-refractivity contribution in [1.82, 2.24) is 0 Å². The predicted octanol–water partition coefficient (Wildman–Crippen LogP) is 5.18. The Morgan fingerprint density at radius 1 is 0.950 bits per heavy atom. The van der Waals surface area contributed by atoms with Crippen LogP contribution in [-0.2, 0) is 10.4 Å². The van der Waals surface area contributed by atoms with Crippen LogP contribution in [0.1, 0.15) is 53.9 Å². The Hall–Kier alpha value is -1.19. The lowest BCUT2D eigenvalue weighted by Crippen LogP contribution is -2.11. The third-order valence-electron chi connectivity index (χ3n) is 4.22. The Bertz CT molecular complexity index is 717. The van der Waals surface area contributed by atoms with E-state index in [1.807, 2.05) is 24.3 Å². The number of hydrogen-bond acceptors (Lipinski definition) is 1. The lowest BCUT2D eigenvalue weighted by Gasteiger charge is -2.20. The van der Waals surface area contributed by atoms with Crippen LogP contribution in [0, 0.1) is 0 Å². The molecule has 0 saturated heterocycles. The van der Waals surface area contributed by atoms with Gasteiger partial charge in [-0.2, -0.15) is 0 Å². The highest BCUT2D eigenvalue weighted by Crippen LogP contribution is 2.55. The average Bonchev–Trinajstić information content (AvgIpc) is 2.93. The summed E-state index contributed by atoms with van der Waals surface area (Å²) >= 11 is 3.51. The highest BCUT2D eigenvalue weighted by atomic mass is 79.9. The number of hydrogen-bond donors (Lipinski definition) is 0. The first-order chi connectivity index (χ1) is 9.45. The molecule has 4 rings (SSSR count). The van der Waals surface area contributed by atoms with Gasteiger partial charge in [-0.1, -0.05) is 34.1 Å². The highest BCUT2D eigenvalue weighted by Gasteiger charge is 2.43. The van der Waals surface area contributed by atoms with E-state index in [9.17, 15) is 4.39 Å². The first kappa shape index (κ1) is 12.5. The van der Waals surface area contributed by atoms with Gasteiger partial charge < -0.3 is 4.74 Å². The minimum atomic E-state index is -1.32. The number of halogens is 2. The van der Waals surface area contributed by atoms with Crippen molar-refractivity contribution in [2.24, 2.45) is 0 Å². The molecule has 102 valence electrons. The van der Waals surface area contributed by atoms with Crippen molar-refractivity contribution in [2.75, 3.05) is 0 Å². The van der Waals surface area contributed by atoms with Crippen LogP contribution >= 0.6 is 15.9 Å². The Balaban J connectivity index is 1.87. The zero-order valence-corrected chi connectivity index (χ0v) is 12.9. The van der Waals surface area contributed by atoms with Crippen LogP contribution in [0.3, 0.4) is 0 Å². The second-order valence-corrected chi connectivity index (χ2v) is 6.90. The van der Waals surface area contributed by atoms with Gasteiger partial charge in [0.05, 0.1) is 0 Å². The fourth-order valence-corrected chi connectivity index (χ4v) is 3.56. The molecular weight excluding hydrogens is 319 g/mol. The first-order valence-electron chi connectivity index (χ1n) is 6.73. The minimum Gasteiger partial charge on any atom is -0.356 e. The van der Waals surface area contributed by atoms with Gasteiger partial charge in [-0.25, -0.2) is 4.39 Å². The van der Waals surface area contributed by atoms with Gasteiger partial charge in [-0.05, 0) is 59.9 Å². The zero-order valence-electron chi connectivity index (χ0n) is 11.3. The van der Waals surface area contributed by atoms with Gasteiger partial charge in [0.15, 0.2) is 0 Å². The monoisotopic (exact) mass is 332 g/mol. The zero-order chi connectivity index (χ0) is 14.1. The molecule has 2 atom stereocenters. The van der Waals surface area contributed by atoms with Crippen LogP contribution in [0.4, 0.5) is 4.39 Å². The van der Waals surface area contributed by atoms with Crippen molar-refractivity contribution in [2.45, 2.75) is 31.7 Å². The van der Waals surface area contributed by atoms with Crippen molar-refractivity contribution in [3.05, 3.63) is 68.7 Å². The summed E-state index contributed by atoms with van der Waals surface area (Å²) in [5.41, 5.74) is 4.12. The van der Waals surface area contributed by atoms with Crippen LogP contribution in [0.25, 0.3) is 0 Å². The molecule has 2 heterocycles. The molecule has 0 N–H and O–H groups in total. The average molecular weight is 333 g/mol. The molecule has 2 bridgehead atoms. The molecule has 20 heavy (non-hydrogen) atoms. The quantitative estimate of drug-likeness (QED) is 0.699. The molecule has 0 spiro atoms. The lowest BCUT2D eigenvalue weighted by molar-refractivity contribution is 0.0857. The van der Waals surface area contributed by atoms with Crippen LogP contribution in [-0.4, -0.2) is 0 Å². The van der Waals surface area contributed by atoms with E-state index in [1.54, 1.807) is 13.8 Å². The summed E-state index contributed by atoms with van der Waals surface area (Å²) in [5, 5.41) is 0. The number of fused-ring (bicyclic) bond motifs is 8. The molecule has 0 fully saturated rings. The summed E-state index contributed by atoms with van der Waals surface area (Å²) in [5.74, 6) is 0. The van der Waals surface area contributed by atoms with E-state index in [4.69, 9.17) is 4.74 Å². The van der Waals surface area contributed by atoms with E-state index < -0.39 is 5.67 Å². The number of ether oxygens (including phenoxy) is 1. The van der Waals surface area contributed by atoms with Gasteiger partial charge in [0.1, 0.15) is 17.9 Å². The molecule has 2 aromatic carbocycles. The molecule has 2 aliphatic heterocycles. The van der Waals surface area contributed by atoms with Crippen molar-refractivity contribution in [1.29, 1.82) is 0 Å². The number of benzene rings is 2. The highest BCUT2D eigenvalue weighted by molar-refractivity contribution is 9.10. The van der Waals surface area contributed by atoms with E-state index >= 15 is 0 Å². The van der Waals surface area contributed by atoms with Crippen LogP contribution in [0.5, 0.6) is 0 Å². The van der Waals surface area contributed by atoms with Gasteiger partial charge >= 0.3 is 0 Å². The molecule has 1 nitrogen and oxygen atoms in total. The SMILES string of the molecule is CC(C)(F)c1ccc2c(c1)[C@H]1O[C@@H]2c2ccc(Br)cc21. The number of rotatable bonds is 1. The summed E-state index contributed by atoms with van der Waals surface area (Å²) in [4.78, 5) is 0. The molecule has 0 aromatic heterocycles. The van der Waals surface area contributed by atoms with Crippen LogP contribution in [0.2, 0.25) is 0 Å². The third kappa shape index (κ3) is 1.63. The normalized spacial score (nSPS) is 22.8. The number of alkyl halides is 1. The summed E-state index contributed by atoms with van der Waals surface area (Å²) in [6.07, 6.45) is -0.0420. The van der Waals surface area contributed by atoms with Crippen molar-refractivity contribution >= 4 is 15.9 Å². The van der Waals surface area contributed by atoms with Crippen LogP contribution < -0.4 is 0 Å². The molecule has 0 aliphatic carbocycles. The van der Waals surface area contributed by atoms with Gasteiger partial charge in [-0.15, -0.1) is 0 Å². The lowest BCUT2D eigenvalue weighted by atomic mass is 9.84. The maximum atomic E-state index is 14.1. The maximum absolute atomic E-state index is 14.1. The Kier molecular flexibility index (Phi) is 2.46. The smallest absolute Gasteiger partial charge is 0.130 e. The summed E-state index contributed by atoms with van der Waals surface area (Å²) in [6.45, 7) is 3.18. The fourth-order valence-electron chi connectivity index (χ4n) is 3.19. The first-order valence-corrected chi connectivity index (χ1v) is 7.52. The maximum Gasteiger partial charge on any atom is 0.130 e. The fraction of sp³-hybridized carbons (Fsp3) is 0.294. The second-order valence-electron chi connectivity index (χ2n) is 5.99. The van der Waals surface area contributed by atoms with Crippen molar-refractivity contribution in [3.63, 3.8) is 0 Å². The molecule has 0 saturated carbocycles. The molecule has 3 heteroatoms. The molecule has 0 unspecified atom stereocenters. The largest absolute Gasteiger partial charge is 0.356 e. The standard InChI is InChI=1S/C17H14BrFO/c1-17(2,19)9-3-5-11-13(7-9)16-14-8-10(18)4-6-12(14)15(11)20-16/h3-8,15-16H,1-2H3/t15-,16+/m0/s1. The Morgan fingerprint density at radius 2 is 1.55 bits per heavy atom. The van der Waals surface area contributed by atoms with E-state index in [0.717, 1.165) is 10.0 Å². The molecule has 0 radical (unpaired) electrons. The van der Waals surface area contributed by atoms with Crippen LogP contribution in [0.15, 0.2) is 40.9 Å². The molecular formula is C17H14BrFO. The molecule has 0 amide bonds. The summed E-state index contributed by atoms with van der Waals surface area (Å²) in [6, 6.07) is 12.1. The Labute approximate surface area is 125 Å². The van der Waals surface area contributed by atoms with Gasteiger partial charge in [0.2, 0.25) is 0 Å². The Morgan fingerprint density at radius 3 is 2.25 bits per heavy atom. The predicted molar refractivity (Wildman–Crippen MR) is 79.5 cm³/mol. The summed E-state index contributed by atoms with van der Waals surface area (Å²) in [7, 11) is 0. The van der Waals surface area contributed by atoms with E-state index in [-0.39, 0.29) is 12.2 Å². The molecule has 2 aromatic rings. The second kappa shape index (κ2) is 3.92. The minimum absolute atomic E-state index is 0.00914. The van der Waals surface area contributed by atoms with E-state index in [0.29, 0.717) is 5.56 Å². The van der Waals surface area contributed by atoms with Gasteiger partial charge in [0.25, 0.3) is 0 Å². The molecule has 2 aliphatic rings. The van der Waals surface area contributed by atoms with E-state index in [1.165, 1.54) is 16.7 Å². The van der Waals surface area contributed by atoms with E-state index in [2.05, 4.69) is 28.1 Å². The van der Waals surface area contributed by atoms with Gasteiger partial charge in [0, 0.05) is 4.47 Å². The third-order valence-corrected chi connectivity index (χ3v) is 4.72. The van der Waals surface area contributed by atoms with Gasteiger partial charge in [-0.3, -0.25) is 0 Å². The topological polar surface area (TPSA) is 9.23 Å². The van der Waals surface area contributed by atoms with Crippen molar-refractivity contribution in [3.8, 4) is 0 Å². The summed E-state index contributed by atoms with van der Waals surface area (Å²) < 4.78 is 21.3. The van der Waals surface area contributed by atoms with Crippen molar-refractivity contribution < 1.29 is 9.13 Å².